The Morgan fingerprint density at radius 3 is 2.68 bits per heavy atom. The average Bonchev–Trinajstić information content (AvgIpc) is 2.48. The zero-order chi connectivity index (χ0) is 16.2. The maximum absolute atomic E-state index is 12.2. The van der Waals surface area contributed by atoms with Gasteiger partial charge in [0, 0.05) is 36.6 Å². The number of carbonyl (C=O) groups is 1. The third-order valence-corrected chi connectivity index (χ3v) is 6.14. The van der Waals surface area contributed by atoms with E-state index in [1.165, 1.54) is 0 Å². The Hall–Kier alpha value is -0.920. The average molecular weight is 389 g/mol. The number of carbonyl (C=O) groups excluding carboxylic acids is 1. The fourth-order valence-corrected chi connectivity index (χ4v) is 4.10. The van der Waals surface area contributed by atoms with Crippen LogP contribution in [0.3, 0.4) is 0 Å². The molecule has 7 heteroatoms. The van der Waals surface area contributed by atoms with E-state index in [1.54, 1.807) is 24.3 Å². The van der Waals surface area contributed by atoms with Crippen LogP contribution >= 0.6 is 15.9 Å². The molecule has 1 unspecified atom stereocenters. The van der Waals surface area contributed by atoms with E-state index < -0.39 is 9.84 Å². The van der Waals surface area contributed by atoms with Crippen molar-refractivity contribution in [3.8, 4) is 0 Å². The highest BCUT2D eigenvalue weighted by Gasteiger charge is 2.23. The van der Waals surface area contributed by atoms with Crippen LogP contribution in [0.25, 0.3) is 0 Å². The van der Waals surface area contributed by atoms with Gasteiger partial charge in [-0.15, -0.1) is 0 Å². The van der Waals surface area contributed by atoms with Crippen molar-refractivity contribution in [1.82, 2.24) is 10.2 Å². The maximum atomic E-state index is 12.2. The number of sulfone groups is 1. The molecule has 1 heterocycles. The quantitative estimate of drug-likeness (QED) is 0.835. The first kappa shape index (κ1) is 17.4. The van der Waals surface area contributed by atoms with Crippen LogP contribution in [0.5, 0.6) is 0 Å². The number of piperazine rings is 1. The molecule has 0 radical (unpaired) electrons. The zero-order valence-corrected chi connectivity index (χ0v) is 15.0. The van der Waals surface area contributed by atoms with E-state index in [0.29, 0.717) is 17.9 Å². The largest absolute Gasteiger partial charge is 0.337 e. The van der Waals surface area contributed by atoms with Crippen molar-refractivity contribution in [3.63, 3.8) is 0 Å². The summed E-state index contributed by atoms with van der Waals surface area (Å²) in [4.78, 5) is 14.3. The molecule has 122 valence electrons. The summed E-state index contributed by atoms with van der Waals surface area (Å²) >= 11 is 3.28. The number of hydrogen-bond donors (Lipinski definition) is 1. The standard InChI is InChI=1S/C15H21BrN2O3S/c1-12-11-17-8-9-18(12)15(19)3-2-10-22(20,21)14-6-4-13(16)5-7-14/h4-7,12,17H,2-3,8-11H2,1H3. The third kappa shape index (κ3) is 4.54. The number of nitrogens with zero attached hydrogens (tertiary/aromatic N) is 1. The van der Waals surface area contributed by atoms with Crippen LogP contribution in [-0.4, -0.2) is 50.7 Å². The summed E-state index contributed by atoms with van der Waals surface area (Å²) in [6.07, 6.45) is 0.633. The molecule has 1 amide bonds. The molecule has 0 spiro atoms. The predicted molar refractivity (Wildman–Crippen MR) is 89.5 cm³/mol. The molecule has 1 fully saturated rings. The van der Waals surface area contributed by atoms with Gasteiger partial charge in [0.25, 0.3) is 0 Å². The Morgan fingerprint density at radius 1 is 1.36 bits per heavy atom. The minimum absolute atomic E-state index is 0.000837. The lowest BCUT2D eigenvalue weighted by Crippen LogP contribution is -2.52. The Bertz CT molecular complexity index is 616. The molecule has 1 atom stereocenters. The van der Waals surface area contributed by atoms with Crippen LogP contribution in [0.4, 0.5) is 0 Å². The predicted octanol–water partition coefficient (Wildman–Crippen LogP) is 1.82. The van der Waals surface area contributed by atoms with Crippen molar-refractivity contribution in [1.29, 1.82) is 0 Å². The second-order valence-electron chi connectivity index (χ2n) is 5.52. The number of halogens is 1. The van der Waals surface area contributed by atoms with Crippen LogP contribution in [0, 0.1) is 0 Å². The summed E-state index contributed by atoms with van der Waals surface area (Å²) in [5.74, 6) is 0.0425. The van der Waals surface area contributed by atoms with E-state index in [4.69, 9.17) is 0 Å². The molecular formula is C15H21BrN2O3S. The molecule has 0 aromatic heterocycles. The van der Waals surface area contributed by atoms with Gasteiger partial charge < -0.3 is 10.2 Å². The van der Waals surface area contributed by atoms with Gasteiger partial charge in [-0.05, 0) is 37.6 Å². The van der Waals surface area contributed by atoms with Gasteiger partial charge in [-0.1, -0.05) is 15.9 Å². The van der Waals surface area contributed by atoms with Gasteiger partial charge in [-0.3, -0.25) is 4.79 Å². The topological polar surface area (TPSA) is 66.5 Å². The maximum Gasteiger partial charge on any atom is 0.222 e. The van der Waals surface area contributed by atoms with Crippen LogP contribution < -0.4 is 5.32 Å². The number of nitrogens with one attached hydrogen (secondary N) is 1. The molecule has 1 N–H and O–H groups in total. The molecule has 0 bridgehead atoms. The monoisotopic (exact) mass is 388 g/mol. The van der Waals surface area contributed by atoms with Gasteiger partial charge in [0.1, 0.15) is 0 Å². The van der Waals surface area contributed by atoms with Gasteiger partial charge in [-0.2, -0.15) is 0 Å². The lowest BCUT2D eigenvalue weighted by Gasteiger charge is -2.34. The van der Waals surface area contributed by atoms with Crippen LogP contribution in [-0.2, 0) is 14.6 Å². The molecule has 1 aromatic rings. The number of hydrogen-bond acceptors (Lipinski definition) is 4. The summed E-state index contributed by atoms with van der Waals surface area (Å²) in [5.41, 5.74) is 0. The number of benzene rings is 1. The molecular weight excluding hydrogens is 368 g/mol. The summed E-state index contributed by atoms with van der Waals surface area (Å²) in [6.45, 7) is 4.29. The molecule has 22 heavy (non-hydrogen) atoms. The second-order valence-corrected chi connectivity index (χ2v) is 8.54. The van der Waals surface area contributed by atoms with Gasteiger partial charge in [-0.25, -0.2) is 8.42 Å². The van der Waals surface area contributed by atoms with Gasteiger partial charge >= 0.3 is 0 Å². The van der Waals surface area contributed by atoms with Crippen molar-refractivity contribution in [2.45, 2.75) is 30.7 Å². The van der Waals surface area contributed by atoms with E-state index in [9.17, 15) is 13.2 Å². The summed E-state index contributed by atoms with van der Waals surface area (Å²) < 4.78 is 25.3. The summed E-state index contributed by atoms with van der Waals surface area (Å²) in [7, 11) is -3.32. The molecule has 5 nitrogen and oxygen atoms in total. The number of rotatable bonds is 5. The summed E-state index contributed by atoms with van der Waals surface area (Å²) in [6, 6.07) is 6.75. The Kier molecular flexibility index (Phi) is 6.00. The molecule has 2 rings (SSSR count). The minimum atomic E-state index is -3.32. The van der Waals surface area contributed by atoms with E-state index in [1.807, 2.05) is 11.8 Å². The molecule has 0 aliphatic carbocycles. The fourth-order valence-electron chi connectivity index (χ4n) is 2.53. The highest BCUT2D eigenvalue weighted by Crippen LogP contribution is 2.17. The molecule has 1 aliphatic heterocycles. The first-order valence-electron chi connectivity index (χ1n) is 7.38. The fraction of sp³-hybridized carbons (Fsp3) is 0.533. The normalized spacial score (nSPS) is 19.2. The van der Waals surface area contributed by atoms with E-state index in [2.05, 4.69) is 21.2 Å². The van der Waals surface area contributed by atoms with E-state index in [0.717, 1.165) is 17.6 Å². The Morgan fingerprint density at radius 2 is 2.05 bits per heavy atom. The van der Waals surface area contributed by atoms with Gasteiger partial charge in [0.15, 0.2) is 9.84 Å². The van der Waals surface area contributed by atoms with Crippen molar-refractivity contribution >= 4 is 31.7 Å². The lowest BCUT2D eigenvalue weighted by molar-refractivity contribution is -0.133. The van der Waals surface area contributed by atoms with E-state index in [-0.39, 0.29) is 24.1 Å². The van der Waals surface area contributed by atoms with Crippen molar-refractivity contribution in [3.05, 3.63) is 28.7 Å². The molecule has 1 aromatic carbocycles. The smallest absolute Gasteiger partial charge is 0.222 e. The highest BCUT2D eigenvalue weighted by molar-refractivity contribution is 9.10. The number of amides is 1. The molecule has 1 saturated heterocycles. The molecule has 0 saturated carbocycles. The van der Waals surface area contributed by atoms with Crippen molar-refractivity contribution in [2.24, 2.45) is 0 Å². The third-order valence-electron chi connectivity index (χ3n) is 3.80. The molecule has 1 aliphatic rings. The Labute approximate surface area is 140 Å². The SMILES string of the molecule is CC1CNCCN1C(=O)CCCS(=O)(=O)c1ccc(Br)cc1. The zero-order valence-electron chi connectivity index (χ0n) is 12.6. The van der Waals surface area contributed by atoms with E-state index >= 15 is 0 Å². The first-order chi connectivity index (χ1) is 10.4. The second kappa shape index (κ2) is 7.57. The van der Waals surface area contributed by atoms with Crippen LogP contribution in [0.1, 0.15) is 19.8 Å². The van der Waals surface area contributed by atoms with Crippen LogP contribution in [0.2, 0.25) is 0 Å². The van der Waals surface area contributed by atoms with Crippen LogP contribution in [0.15, 0.2) is 33.6 Å². The minimum Gasteiger partial charge on any atom is -0.337 e. The first-order valence-corrected chi connectivity index (χ1v) is 9.83. The summed E-state index contributed by atoms with van der Waals surface area (Å²) in [5, 5.41) is 3.23. The van der Waals surface area contributed by atoms with Gasteiger partial charge in [0.2, 0.25) is 5.91 Å². The Balaban J connectivity index is 1.87. The van der Waals surface area contributed by atoms with Crippen molar-refractivity contribution in [2.75, 3.05) is 25.4 Å². The van der Waals surface area contributed by atoms with Gasteiger partial charge in [0.05, 0.1) is 10.6 Å². The highest BCUT2D eigenvalue weighted by atomic mass is 79.9. The van der Waals surface area contributed by atoms with Crippen molar-refractivity contribution < 1.29 is 13.2 Å². The lowest BCUT2D eigenvalue weighted by atomic mass is 10.2.